The van der Waals surface area contributed by atoms with E-state index in [1.807, 2.05) is 18.7 Å². The topological polar surface area (TPSA) is 160 Å². The number of carbonyl (C=O) groups is 2. The lowest BCUT2D eigenvalue weighted by atomic mass is 9.91. The van der Waals surface area contributed by atoms with Gasteiger partial charge < -0.3 is 39.7 Å². The summed E-state index contributed by atoms with van der Waals surface area (Å²) in [4.78, 5) is 47.4. The van der Waals surface area contributed by atoms with E-state index in [9.17, 15) is 23.5 Å². The number of piperidine rings is 1. The van der Waals surface area contributed by atoms with E-state index in [2.05, 4.69) is 43.3 Å². The maximum absolute atomic E-state index is 17.3. The van der Waals surface area contributed by atoms with Gasteiger partial charge in [0.1, 0.15) is 64.7 Å². The number of aromatic hydroxyl groups is 1. The zero-order valence-electron chi connectivity index (χ0n) is 44.3. The number of alkyl halides is 1. The Morgan fingerprint density at radius 3 is 2.38 bits per heavy atom. The first-order valence-corrected chi connectivity index (χ1v) is 26.8. The molecule has 79 heavy (non-hydrogen) atoms. The number of phenolic OH excluding ortho intramolecular Hbond substituents is 1. The van der Waals surface area contributed by atoms with Crippen molar-refractivity contribution < 1.29 is 45.9 Å². The Kier molecular flexibility index (Phi) is 15.9. The van der Waals surface area contributed by atoms with Crippen LogP contribution in [0.4, 0.5) is 22.0 Å². The molecule has 5 atom stereocenters. The Morgan fingerprint density at radius 2 is 1.70 bits per heavy atom. The molecule has 4 saturated heterocycles. The highest BCUT2D eigenvalue weighted by Crippen LogP contribution is 2.40. The average molecular weight is 1080 g/mol. The van der Waals surface area contributed by atoms with Crippen LogP contribution in [0.15, 0.2) is 110 Å². The lowest BCUT2D eigenvalue weighted by Crippen LogP contribution is -2.50. The molecule has 5 aliphatic rings. The number of ether oxygens (including phenoxy) is 1. The summed E-state index contributed by atoms with van der Waals surface area (Å²) in [5, 5.41) is 22.0. The molecule has 5 aromatic rings. The van der Waals surface area contributed by atoms with Gasteiger partial charge in [-0.25, -0.2) is 26.9 Å². The van der Waals surface area contributed by atoms with Crippen LogP contribution in [0.1, 0.15) is 93.7 Å². The number of rotatable bonds is 16. The smallest absolute Gasteiger partial charge is 0.254 e. The minimum absolute atomic E-state index is 0.0209. The highest BCUT2D eigenvalue weighted by Gasteiger charge is 2.42. The van der Waals surface area contributed by atoms with Crippen molar-refractivity contribution in [3.05, 3.63) is 130 Å². The maximum atomic E-state index is 17.3. The van der Waals surface area contributed by atoms with Crippen LogP contribution < -0.4 is 15.4 Å². The predicted octanol–water partition coefficient (Wildman–Crippen LogP) is 9.60. The number of fused-ring (bicyclic) bond motifs is 3. The van der Waals surface area contributed by atoms with Crippen LogP contribution >= 0.6 is 0 Å². The van der Waals surface area contributed by atoms with Crippen molar-refractivity contribution in [1.29, 1.82) is 0 Å². The number of phenols is 1. The van der Waals surface area contributed by atoms with Crippen molar-refractivity contribution in [3.8, 4) is 35.1 Å². The van der Waals surface area contributed by atoms with Gasteiger partial charge in [0, 0.05) is 74.6 Å². The number of likely N-dealkylation sites (tertiary alicyclic amines) is 3. The summed E-state index contributed by atoms with van der Waals surface area (Å²) < 4.78 is 89.3. The zero-order valence-corrected chi connectivity index (χ0v) is 44.3. The molecule has 6 heterocycles. The van der Waals surface area contributed by atoms with Crippen molar-refractivity contribution in [2.24, 2.45) is 20.9 Å². The van der Waals surface area contributed by atoms with Crippen LogP contribution in [-0.2, 0) is 9.59 Å². The molecule has 0 spiro atoms. The molecule has 14 nitrogen and oxygen atoms in total. The van der Waals surface area contributed by atoms with E-state index in [0.29, 0.717) is 80.0 Å². The second-order valence-corrected chi connectivity index (χ2v) is 21.5. The summed E-state index contributed by atoms with van der Waals surface area (Å²) in [5.41, 5.74) is -0.681. The van der Waals surface area contributed by atoms with Gasteiger partial charge in [-0.1, -0.05) is 56.2 Å². The molecule has 5 aliphatic heterocycles. The molecule has 10 rings (SSSR count). The molecule has 0 radical (unpaired) electrons. The van der Waals surface area contributed by atoms with Crippen LogP contribution in [0.5, 0.6) is 11.6 Å². The van der Waals surface area contributed by atoms with Gasteiger partial charge in [0.05, 0.1) is 29.3 Å². The minimum Gasteiger partial charge on any atom is -0.508 e. The first-order valence-electron chi connectivity index (χ1n) is 26.8. The second kappa shape index (κ2) is 23.0. The highest BCUT2D eigenvalue weighted by molar-refractivity contribution is 6.29. The number of piperazine rings is 1. The summed E-state index contributed by atoms with van der Waals surface area (Å²) in [6.45, 7) is 11.8. The molecule has 1 aromatic heterocycles. The van der Waals surface area contributed by atoms with Crippen LogP contribution in [0.2, 0.25) is 0 Å². The molecule has 3 N–H and O–H groups in total. The molecule has 412 valence electrons. The van der Waals surface area contributed by atoms with Crippen molar-refractivity contribution in [3.63, 3.8) is 0 Å². The van der Waals surface area contributed by atoms with Gasteiger partial charge >= 0.3 is 0 Å². The fourth-order valence-electron chi connectivity index (χ4n) is 11.7. The molecule has 4 fully saturated rings. The number of allylic oxidation sites excluding steroid dienone is 2. The number of nitrogens with zero attached hydrogens (tertiary/aromatic N) is 7. The number of terminal acetylenes is 1. The lowest BCUT2D eigenvalue weighted by molar-refractivity contribution is -0.141. The zero-order chi connectivity index (χ0) is 55.7. The fourth-order valence-corrected chi connectivity index (χ4v) is 11.7. The Morgan fingerprint density at radius 1 is 0.975 bits per heavy atom. The minimum atomic E-state index is -1.73. The first-order chi connectivity index (χ1) is 38.0. The van der Waals surface area contributed by atoms with E-state index in [0.717, 1.165) is 12.8 Å². The molecule has 5 unspecified atom stereocenters. The third-order valence-electron chi connectivity index (χ3n) is 15.9. The third-order valence-corrected chi connectivity index (χ3v) is 15.9. The van der Waals surface area contributed by atoms with Gasteiger partial charge in [0.25, 0.3) is 5.88 Å². The molecule has 2 amide bonds. The number of amides is 2. The number of aromatic nitrogens is 1. The number of halogens is 5. The first kappa shape index (κ1) is 54.7. The van der Waals surface area contributed by atoms with Gasteiger partial charge in [-0.05, 0) is 110 Å². The van der Waals surface area contributed by atoms with E-state index < -0.39 is 46.9 Å². The highest BCUT2D eigenvalue weighted by atomic mass is 19.2. The Bertz CT molecular complexity index is 3310. The number of aliphatic imine (C=N–C) groups is 3. The largest absolute Gasteiger partial charge is 0.508 e. The molecular weight excluding hydrogens is 1020 g/mol. The predicted molar refractivity (Wildman–Crippen MR) is 293 cm³/mol. The van der Waals surface area contributed by atoms with E-state index in [1.165, 1.54) is 54.7 Å². The van der Waals surface area contributed by atoms with Gasteiger partial charge in [-0.15, -0.1) is 6.42 Å². The van der Waals surface area contributed by atoms with Crippen molar-refractivity contribution in [2.75, 3.05) is 52.4 Å². The van der Waals surface area contributed by atoms with Gasteiger partial charge in [-0.3, -0.25) is 19.6 Å². The maximum Gasteiger partial charge on any atom is 0.254 e. The van der Waals surface area contributed by atoms with Crippen molar-refractivity contribution in [1.82, 2.24) is 30.5 Å². The van der Waals surface area contributed by atoms with Crippen LogP contribution in [0, 0.1) is 35.7 Å². The van der Waals surface area contributed by atoms with Crippen molar-refractivity contribution in [2.45, 2.75) is 95.1 Å². The summed E-state index contributed by atoms with van der Waals surface area (Å²) in [5.74, 6) is -1.72. The monoisotopic (exact) mass is 1080 g/mol. The molecular formula is C60H62F5N9O5. The Balaban J connectivity index is 0.775. The molecule has 19 heteroatoms. The summed E-state index contributed by atoms with van der Waals surface area (Å²) in [7, 11) is 0. The van der Waals surface area contributed by atoms with Gasteiger partial charge in [-0.2, -0.15) is 0 Å². The fraction of sp³-hybridized carbons (Fsp3) is 0.400. The number of nitrogens with one attached hydrogen (secondary N) is 2. The van der Waals surface area contributed by atoms with E-state index in [-0.39, 0.29) is 107 Å². The molecule has 0 saturated carbocycles. The van der Waals surface area contributed by atoms with Crippen LogP contribution in [-0.4, -0.2) is 132 Å². The van der Waals surface area contributed by atoms with Crippen LogP contribution in [0.3, 0.4) is 0 Å². The number of hydrogen-bond donors (Lipinski definition) is 3. The SMILES string of the molecule is C#Cc1c(F)ccc2cc(O)cc(C3=C(F)C(=NCCN4CCC(F)(COc5cc(C(C(=O)N6CCCC6C(=O)NC(C)c6ccc(-c7c(F)cccc7F)cc6)C(C)C)on5)CC4)/C(=C(\N=C)N4CC5CCC(C4)N5)C=N3)c12. The molecule has 4 aromatic carbocycles. The van der Waals surface area contributed by atoms with Crippen LogP contribution in [0.25, 0.3) is 27.6 Å². The van der Waals surface area contributed by atoms with Gasteiger partial charge in [0.15, 0.2) is 11.6 Å². The summed E-state index contributed by atoms with van der Waals surface area (Å²) in [6, 6.07) is 16.4. The standard InChI is InChI=1S/C60H62F5N9O5/c1-6-42-45(61)19-16-38-27-41(75)28-43(52(38)42)55-54(64)56(44(30-68-55)57(66-5)73-31-39-17-18-40(32-73)70-39)67-22-26-72-24-20-60(65,21-25-72)33-78-50-29-49(79-71-50)51(34(2)3)59(77)74-23-8-11-48(74)58(76)69-35(4)36-12-14-37(15-13-36)53-46(62)9-7-10-47(53)63/h1,7,9-10,12-16,19,27-30,34-35,39-40,48,51,70,75H,5,8,11,17-18,20-26,31-33H2,2-4H3,(H,69,76)/b57-44+,67-56?. The summed E-state index contributed by atoms with van der Waals surface area (Å²) >= 11 is 0. The lowest BCUT2D eigenvalue weighted by Gasteiger charge is -2.36. The van der Waals surface area contributed by atoms with Crippen molar-refractivity contribution >= 4 is 46.9 Å². The molecule has 0 aliphatic carbocycles. The number of carbonyl (C=O) groups excluding carboxylic acids is 2. The number of hydrogen-bond acceptors (Lipinski definition) is 12. The van der Waals surface area contributed by atoms with E-state index in [4.69, 9.17) is 20.7 Å². The third kappa shape index (κ3) is 11.3. The van der Waals surface area contributed by atoms with E-state index >= 15 is 13.2 Å². The molecule has 2 bridgehead atoms. The normalized spacial score (nSPS) is 22.1. The second-order valence-electron chi connectivity index (χ2n) is 21.5. The Labute approximate surface area is 455 Å². The van der Waals surface area contributed by atoms with Gasteiger partial charge in [0.2, 0.25) is 11.8 Å². The number of benzene rings is 4. The van der Waals surface area contributed by atoms with E-state index in [1.54, 1.807) is 36.1 Å². The Hall–Kier alpha value is -7.69. The quantitative estimate of drug-likeness (QED) is 0.0497. The average Bonchev–Trinajstić information content (AvgIpc) is 4.24. The summed E-state index contributed by atoms with van der Waals surface area (Å²) in [6.07, 6.45) is 10.5.